The van der Waals surface area contributed by atoms with Crippen LogP contribution in [0.2, 0.25) is 0 Å². The van der Waals surface area contributed by atoms with Crippen LogP contribution >= 0.6 is 0 Å². The van der Waals surface area contributed by atoms with Crippen LogP contribution in [0.25, 0.3) is 0 Å². The van der Waals surface area contributed by atoms with Gasteiger partial charge < -0.3 is 15.0 Å². The van der Waals surface area contributed by atoms with Gasteiger partial charge in [-0.25, -0.2) is 0 Å². The van der Waals surface area contributed by atoms with Crippen molar-refractivity contribution in [3.63, 3.8) is 0 Å². The van der Waals surface area contributed by atoms with E-state index < -0.39 is 23.2 Å². The third-order valence-electron chi connectivity index (χ3n) is 2.79. The topological polar surface area (TPSA) is 75.7 Å². The van der Waals surface area contributed by atoms with Gasteiger partial charge in [-0.1, -0.05) is 20.8 Å². The van der Waals surface area contributed by atoms with E-state index in [1.54, 1.807) is 41.8 Å². The number of ether oxygens (including phenoxy) is 1. The lowest BCUT2D eigenvalue weighted by atomic mass is 9.80. The van der Waals surface area contributed by atoms with Crippen LogP contribution < -0.4 is 5.32 Å². The zero-order valence-corrected chi connectivity index (χ0v) is 13.3. The van der Waals surface area contributed by atoms with Crippen LogP contribution in [0, 0.1) is 11.3 Å². The molecule has 0 saturated carbocycles. The van der Waals surface area contributed by atoms with Gasteiger partial charge >= 0.3 is 5.97 Å². The molecular formula is C14H26N2O4. The van der Waals surface area contributed by atoms with Crippen molar-refractivity contribution in [3.8, 4) is 0 Å². The normalized spacial score (nSPS) is 12.5. The molecule has 6 heteroatoms. The molecule has 0 aliphatic rings. The van der Waals surface area contributed by atoms with Crippen molar-refractivity contribution in [3.05, 3.63) is 0 Å². The van der Waals surface area contributed by atoms with E-state index in [1.807, 2.05) is 0 Å². The first-order valence-electron chi connectivity index (χ1n) is 6.75. The lowest BCUT2D eigenvalue weighted by molar-refractivity contribution is -0.156. The molecule has 0 spiro atoms. The minimum Gasteiger partial charge on any atom is -0.465 e. The summed E-state index contributed by atoms with van der Waals surface area (Å²) >= 11 is 0. The quantitative estimate of drug-likeness (QED) is 0.579. The van der Waals surface area contributed by atoms with E-state index in [1.165, 1.54) is 4.90 Å². The van der Waals surface area contributed by atoms with E-state index in [9.17, 15) is 14.4 Å². The molecule has 0 aromatic rings. The number of nitrogens with one attached hydrogen (secondary N) is 1. The van der Waals surface area contributed by atoms with Gasteiger partial charge in [-0.15, -0.1) is 0 Å². The van der Waals surface area contributed by atoms with Gasteiger partial charge in [-0.2, -0.15) is 0 Å². The minimum atomic E-state index is -0.878. The molecule has 0 aromatic heterocycles. The summed E-state index contributed by atoms with van der Waals surface area (Å²) in [5, 5.41) is 2.63. The van der Waals surface area contributed by atoms with Crippen LogP contribution in [0.1, 0.15) is 34.1 Å². The van der Waals surface area contributed by atoms with E-state index in [2.05, 4.69) is 5.32 Å². The van der Waals surface area contributed by atoms with Gasteiger partial charge in [-0.05, 0) is 12.3 Å². The summed E-state index contributed by atoms with van der Waals surface area (Å²) in [5.74, 6) is -1.88. The first-order valence-corrected chi connectivity index (χ1v) is 6.75. The molecule has 2 amide bonds. The number of esters is 1. The first-order chi connectivity index (χ1) is 9.11. The number of hydrogen-bond acceptors (Lipinski definition) is 4. The Bertz CT molecular complexity index is 359. The number of amides is 2. The molecule has 0 saturated heterocycles. The molecule has 0 aromatic carbocycles. The molecule has 0 rings (SSSR count). The van der Waals surface area contributed by atoms with Crippen LogP contribution in [0.4, 0.5) is 0 Å². The van der Waals surface area contributed by atoms with Crippen molar-refractivity contribution >= 4 is 17.8 Å². The summed E-state index contributed by atoms with van der Waals surface area (Å²) in [6.45, 7) is 7.56. The summed E-state index contributed by atoms with van der Waals surface area (Å²) in [7, 11) is 3.31. The van der Waals surface area contributed by atoms with Crippen LogP contribution in [0.3, 0.4) is 0 Å². The molecular weight excluding hydrogens is 260 g/mol. The van der Waals surface area contributed by atoms with Gasteiger partial charge in [0.25, 0.3) is 0 Å². The van der Waals surface area contributed by atoms with Gasteiger partial charge in [-0.3, -0.25) is 14.4 Å². The summed E-state index contributed by atoms with van der Waals surface area (Å²) in [4.78, 5) is 36.9. The second kappa shape index (κ2) is 7.87. The Morgan fingerprint density at radius 2 is 1.75 bits per heavy atom. The largest absolute Gasteiger partial charge is 0.465 e. The lowest BCUT2D eigenvalue weighted by Gasteiger charge is -2.27. The Morgan fingerprint density at radius 3 is 2.15 bits per heavy atom. The zero-order chi connectivity index (χ0) is 15.9. The fraction of sp³-hybridized carbons (Fsp3) is 0.786. The van der Waals surface area contributed by atoms with Crippen molar-refractivity contribution in [2.24, 2.45) is 11.3 Å². The van der Waals surface area contributed by atoms with Crippen LogP contribution in [0.15, 0.2) is 0 Å². The molecule has 116 valence electrons. The number of hydrogen-bond donors (Lipinski definition) is 1. The smallest absolute Gasteiger partial charge is 0.319 e. The predicted molar refractivity (Wildman–Crippen MR) is 75.9 cm³/mol. The standard InChI is InChI=1S/C14H26N2O4/c1-7-20-13(19)11(14(2,3)4)12(18)15-9-8-10(17)16(5)6/h11H,7-9H2,1-6H3,(H,15,18). The highest BCUT2D eigenvalue weighted by molar-refractivity contribution is 5.98. The minimum absolute atomic E-state index is 0.0752. The maximum absolute atomic E-state index is 12.1. The van der Waals surface area contributed by atoms with Gasteiger partial charge in [0.05, 0.1) is 6.61 Å². The van der Waals surface area contributed by atoms with E-state index >= 15 is 0 Å². The monoisotopic (exact) mass is 286 g/mol. The van der Waals surface area contributed by atoms with Crippen molar-refractivity contribution < 1.29 is 19.1 Å². The molecule has 1 unspecified atom stereocenters. The molecule has 0 heterocycles. The summed E-state index contributed by atoms with van der Waals surface area (Å²) in [5.41, 5.74) is -0.540. The summed E-state index contributed by atoms with van der Waals surface area (Å²) in [6, 6.07) is 0. The predicted octanol–water partition coefficient (Wildman–Crippen LogP) is 0.806. The fourth-order valence-corrected chi connectivity index (χ4v) is 1.70. The number of rotatable bonds is 6. The van der Waals surface area contributed by atoms with Crippen molar-refractivity contribution in [1.82, 2.24) is 10.2 Å². The zero-order valence-electron chi connectivity index (χ0n) is 13.3. The Kier molecular flexibility index (Phi) is 7.24. The van der Waals surface area contributed by atoms with Crippen molar-refractivity contribution in [2.75, 3.05) is 27.2 Å². The van der Waals surface area contributed by atoms with Crippen LogP contribution in [-0.2, 0) is 19.1 Å². The molecule has 1 N–H and O–H groups in total. The van der Waals surface area contributed by atoms with Crippen LogP contribution in [0.5, 0.6) is 0 Å². The highest BCUT2D eigenvalue weighted by Gasteiger charge is 2.38. The van der Waals surface area contributed by atoms with E-state index in [-0.39, 0.29) is 25.5 Å². The number of nitrogens with zero attached hydrogens (tertiary/aromatic N) is 1. The third-order valence-corrected chi connectivity index (χ3v) is 2.79. The van der Waals surface area contributed by atoms with E-state index in [4.69, 9.17) is 4.74 Å². The van der Waals surface area contributed by atoms with Crippen molar-refractivity contribution in [2.45, 2.75) is 34.1 Å². The molecule has 0 aliphatic carbocycles. The molecule has 0 aliphatic heterocycles. The lowest BCUT2D eigenvalue weighted by Crippen LogP contribution is -2.44. The number of carbonyl (C=O) groups is 3. The summed E-state index contributed by atoms with van der Waals surface area (Å²) < 4.78 is 4.94. The van der Waals surface area contributed by atoms with Crippen LogP contribution in [-0.4, -0.2) is 49.9 Å². The van der Waals surface area contributed by atoms with E-state index in [0.29, 0.717) is 0 Å². The Balaban J connectivity index is 4.58. The third kappa shape index (κ3) is 6.04. The van der Waals surface area contributed by atoms with Gasteiger partial charge in [0.2, 0.25) is 11.8 Å². The highest BCUT2D eigenvalue weighted by atomic mass is 16.5. The second-order valence-corrected chi connectivity index (χ2v) is 5.88. The average Bonchev–Trinajstić information content (AvgIpc) is 2.26. The summed E-state index contributed by atoms with van der Waals surface area (Å²) in [6.07, 6.45) is 0.207. The fourth-order valence-electron chi connectivity index (χ4n) is 1.70. The average molecular weight is 286 g/mol. The van der Waals surface area contributed by atoms with Gasteiger partial charge in [0, 0.05) is 27.1 Å². The molecule has 0 radical (unpaired) electrons. The highest BCUT2D eigenvalue weighted by Crippen LogP contribution is 2.27. The maximum Gasteiger partial charge on any atom is 0.319 e. The van der Waals surface area contributed by atoms with E-state index in [0.717, 1.165) is 0 Å². The Morgan fingerprint density at radius 1 is 1.20 bits per heavy atom. The Hall–Kier alpha value is -1.59. The SMILES string of the molecule is CCOC(=O)C(C(=O)NCCC(=O)N(C)C)C(C)(C)C. The molecule has 1 atom stereocenters. The Labute approximate surface area is 120 Å². The van der Waals surface area contributed by atoms with Crippen molar-refractivity contribution in [1.29, 1.82) is 0 Å². The molecule has 0 fully saturated rings. The second-order valence-electron chi connectivity index (χ2n) is 5.88. The first kappa shape index (κ1) is 18.4. The molecule has 0 bridgehead atoms. The molecule has 20 heavy (non-hydrogen) atoms. The number of carbonyl (C=O) groups excluding carboxylic acids is 3. The van der Waals surface area contributed by atoms with Gasteiger partial charge in [0.15, 0.2) is 0 Å². The maximum atomic E-state index is 12.1. The molecule has 6 nitrogen and oxygen atoms in total. The van der Waals surface area contributed by atoms with Gasteiger partial charge in [0.1, 0.15) is 5.92 Å².